The Morgan fingerprint density at radius 2 is 2.17 bits per heavy atom. The van der Waals surface area contributed by atoms with Crippen molar-refractivity contribution < 1.29 is 14.3 Å². The summed E-state index contributed by atoms with van der Waals surface area (Å²) < 4.78 is 5.69. The summed E-state index contributed by atoms with van der Waals surface area (Å²) in [4.78, 5) is 26.5. The second kappa shape index (κ2) is 5.85. The van der Waals surface area contributed by atoms with E-state index in [0.29, 0.717) is 24.5 Å². The summed E-state index contributed by atoms with van der Waals surface area (Å²) in [7, 11) is 0. The summed E-state index contributed by atoms with van der Waals surface area (Å²) in [6.07, 6.45) is 0.0428. The maximum Gasteiger partial charge on any atom is 0.266 e. The highest BCUT2D eigenvalue weighted by Crippen LogP contribution is 2.31. The molecular weight excluding hydrogens is 294 g/mol. The second-order valence-corrected chi connectivity index (χ2v) is 7.00. The van der Waals surface area contributed by atoms with E-state index < -0.39 is 6.10 Å². The Morgan fingerprint density at radius 1 is 1.43 bits per heavy atom. The van der Waals surface area contributed by atoms with Gasteiger partial charge in [0.15, 0.2) is 6.10 Å². The van der Waals surface area contributed by atoms with Crippen molar-refractivity contribution in [2.45, 2.75) is 38.8 Å². The van der Waals surface area contributed by atoms with Crippen molar-refractivity contribution >= 4 is 17.5 Å². The number of nitrogens with zero attached hydrogens (tertiary/aromatic N) is 1. The molecule has 0 spiro atoms. The van der Waals surface area contributed by atoms with Crippen molar-refractivity contribution in [3.63, 3.8) is 0 Å². The van der Waals surface area contributed by atoms with Gasteiger partial charge in [-0.15, -0.1) is 0 Å². The van der Waals surface area contributed by atoms with Gasteiger partial charge < -0.3 is 20.7 Å². The monoisotopic (exact) mass is 317 g/mol. The van der Waals surface area contributed by atoms with Gasteiger partial charge in [-0.1, -0.05) is 26.0 Å². The van der Waals surface area contributed by atoms with Crippen LogP contribution in [-0.4, -0.2) is 41.9 Å². The summed E-state index contributed by atoms with van der Waals surface area (Å²) >= 11 is 0. The molecule has 0 aliphatic carbocycles. The lowest BCUT2D eigenvalue weighted by molar-refractivity contribution is -0.139. The van der Waals surface area contributed by atoms with Crippen LogP contribution in [0.3, 0.4) is 0 Å². The van der Waals surface area contributed by atoms with Crippen molar-refractivity contribution in [3.05, 3.63) is 24.3 Å². The van der Waals surface area contributed by atoms with Crippen LogP contribution in [-0.2, 0) is 9.59 Å². The third-order valence-corrected chi connectivity index (χ3v) is 4.73. The highest BCUT2D eigenvalue weighted by Gasteiger charge is 2.37. The summed E-state index contributed by atoms with van der Waals surface area (Å²) in [5, 5.41) is 2.79. The van der Waals surface area contributed by atoms with Gasteiger partial charge in [0.2, 0.25) is 5.91 Å². The van der Waals surface area contributed by atoms with Gasteiger partial charge in [-0.05, 0) is 24.0 Å². The number of nitrogens with one attached hydrogen (secondary N) is 1. The number of carbonyl (C=O) groups is 2. The first kappa shape index (κ1) is 15.8. The summed E-state index contributed by atoms with van der Waals surface area (Å²) in [6.45, 7) is 5.38. The minimum absolute atomic E-state index is 0.0471. The standard InChI is InChI=1S/C17H23N3O3/c1-17(2)10-20(8-7-14(17)18)15(21)9-13-16(22)19-11-5-3-4-6-12(11)23-13/h3-6,13-14H,7-10,18H2,1-2H3,(H,19,22). The van der Waals surface area contributed by atoms with Crippen LogP contribution in [0.1, 0.15) is 26.7 Å². The maximum absolute atomic E-state index is 12.5. The fourth-order valence-corrected chi connectivity index (χ4v) is 3.10. The molecule has 1 aromatic rings. The number of ether oxygens (including phenoxy) is 1. The lowest BCUT2D eigenvalue weighted by Crippen LogP contribution is -2.54. The zero-order chi connectivity index (χ0) is 16.6. The number of piperidine rings is 1. The number of fused-ring (bicyclic) bond motifs is 1. The summed E-state index contributed by atoms with van der Waals surface area (Å²) in [6, 6.07) is 7.32. The van der Waals surface area contributed by atoms with E-state index in [9.17, 15) is 9.59 Å². The average molecular weight is 317 g/mol. The first-order chi connectivity index (χ1) is 10.9. The van der Waals surface area contributed by atoms with Crippen LogP contribution in [0.4, 0.5) is 5.69 Å². The van der Waals surface area contributed by atoms with E-state index in [1.54, 1.807) is 17.0 Å². The normalized spacial score (nSPS) is 26.0. The Morgan fingerprint density at radius 3 is 2.91 bits per heavy atom. The predicted octanol–water partition coefficient (Wildman–Crippen LogP) is 1.36. The van der Waals surface area contributed by atoms with Gasteiger partial charge in [0.05, 0.1) is 12.1 Å². The molecule has 3 rings (SSSR count). The minimum atomic E-state index is -0.781. The fourth-order valence-electron chi connectivity index (χ4n) is 3.10. The Balaban J connectivity index is 1.66. The zero-order valence-corrected chi connectivity index (χ0v) is 13.5. The number of likely N-dealkylation sites (tertiary alicyclic amines) is 1. The van der Waals surface area contributed by atoms with Crippen LogP contribution in [0.2, 0.25) is 0 Å². The number of carbonyl (C=O) groups excluding carboxylic acids is 2. The molecule has 23 heavy (non-hydrogen) atoms. The molecule has 3 N–H and O–H groups in total. The molecule has 124 valence electrons. The van der Waals surface area contributed by atoms with E-state index in [2.05, 4.69) is 19.2 Å². The number of benzene rings is 1. The maximum atomic E-state index is 12.5. The molecule has 1 aromatic carbocycles. The molecule has 2 unspecified atom stereocenters. The minimum Gasteiger partial charge on any atom is -0.478 e. The quantitative estimate of drug-likeness (QED) is 0.862. The molecule has 2 heterocycles. The number of hydrogen-bond donors (Lipinski definition) is 2. The molecule has 2 aliphatic heterocycles. The number of nitrogens with two attached hydrogens (primary N) is 1. The van der Waals surface area contributed by atoms with Gasteiger partial charge in [-0.3, -0.25) is 9.59 Å². The van der Waals surface area contributed by atoms with Gasteiger partial charge in [-0.2, -0.15) is 0 Å². The van der Waals surface area contributed by atoms with Crippen LogP contribution < -0.4 is 15.8 Å². The van der Waals surface area contributed by atoms with Crippen LogP contribution in [0.5, 0.6) is 5.75 Å². The van der Waals surface area contributed by atoms with Gasteiger partial charge >= 0.3 is 0 Å². The first-order valence-corrected chi connectivity index (χ1v) is 7.97. The second-order valence-electron chi connectivity index (χ2n) is 7.00. The molecular formula is C17H23N3O3. The summed E-state index contributed by atoms with van der Waals surface area (Å²) in [5.41, 5.74) is 6.64. The molecule has 2 aliphatic rings. The first-order valence-electron chi connectivity index (χ1n) is 7.97. The van der Waals surface area contributed by atoms with Crippen molar-refractivity contribution in [2.75, 3.05) is 18.4 Å². The molecule has 0 radical (unpaired) electrons. The number of amides is 2. The smallest absolute Gasteiger partial charge is 0.266 e. The van der Waals surface area contributed by atoms with Gasteiger partial charge in [0.1, 0.15) is 5.75 Å². The van der Waals surface area contributed by atoms with Gasteiger partial charge in [0, 0.05) is 19.1 Å². The van der Waals surface area contributed by atoms with Crippen LogP contribution >= 0.6 is 0 Å². The molecule has 1 saturated heterocycles. The fraction of sp³-hybridized carbons (Fsp3) is 0.529. The van der Waals surface area contributed by atoms with Crippen LogP contribution in [0, 0.1) is 5.41 Å². The zero-order valence-electron chi connectivity index (χ0n) is 13.5. The molecule has 1 fully saturated rings. The lowest BCUT2D eigenvalue weighted by Gasteiger charge is -2.43. The number of rotatable bonds is 2. The highest BCUT2D eigenvalue weighted by molar-refractivity contribution is 5.99. The number of anilines is 1. The van der Waals surface area contributed by atoms with E-state index in [4.69, 9.17) is 10.5 Å². The highest BCUT2D eigenvalue weighted by atomic mass is 16.5. The molecule has 6 nitrogen and oxygen atoms in total. The summed E-state index contributed by atoms with van der Waals surface area (Å²) in [5.74, 6) is 0.264. The SMILES string of the molecule is CC1(C)CN(C(=O)CC2Oc3ccccc3NC2=O)CCC1N. The number of hydrogen-bond acceptors (Lipinski definition) is 4. The van der Waals surface area contributed by atoms with Gasteiger partial charge in [-0.25, -0.2) is 0 Å². The van der Waals surface area contributed by atoms with E-state index in [0.717, 1.165) is 6.42 Å². The van der Waals surface area contributed by atoms with Gasteiger partial charge in [0.25, 0.3) is 5.91 Å². The third-order valence-electron chi connectivity index (χ3n) is 4.73. The Labute approximate surface area is 136 Å². The van der Waals surface area contributed by atoms with Crippen LogP contribution in [0.15, 0.2) is 24.3 Å². The van der Waals surface area contributed by atoms with Crippen molar-refractivity contribution in [2.24, 2.45) is 11.1 Å². The van der Waals surface area contributed by atoms with Crippen molar-refractivity contribution in [1.82, 2.24) is 4.90 Å². The molecule has 0 aromatic heterocycles. The molecule has 2 atom stereocenters. The van der Waals surface area contributed by atoms with Crippen molar-refractivity contribution in [3.8, 4) is 5.75 Å². The van der Waals surface area contributed by atoms with E-state index in [1.807, 2.05) is 12.1 Å². The largest absolute Gasteiger partial charge is 0.478 e. The molecule has 2 amide bonds. The Bertz CT molecular complexity index is 629. The van der Waals surface area contributed by atoms with Crippen molar-refractivity contribution in [1.29, 1.82) is 0 Å². The Kier molecular flexibility index (Phi) is 4.02. The number of para-hydroxylation sites is 2. The van der Waals surface area contributed by atoms with Crippen LogP contribution in [0.25, 0.3) is 0 Å². The Hall–Kier alpha value is -2.08. The average Bonchev–Trinajstić information content (AvgIpc) is 2.50. The van der Waals surface area contributed by atoms with E-state index in [1.165, 1.54) is 0 Å². The lowest BCUT2D eigenvalue weighted by atomic mass is 9.79. The van der Waals surface area contributed by atoms with E-state index >= 15 is 0 Å². The third kappa shape index (κ3) is 3.17. The van der Waals surface area contributed by atoms with E-state index in [-0.39, 0.29) is 29.7 Å². The molecule has 0 saturated carbocycles. The topological polar surface area (TPSA) is 84.7 Å². The predicted molar refractivity (Wildman–Crippen MR) is 87.1 cm³/mol. The molecule has 6 heteroatoms. The molecule has 0 bridgehead atoms.